The van der Waals surface area contributed by atoms with Gasteiger partial charge < -0.3 is 4.74 Å². The standard InChI is InChI=1S/C16H32O2/c1-15(2,3)10-7-8-11-18-12-9-14(17)13-16(4,5)6/h7-13H2,1-6H3. The van der Waals surface area contributed by atoms with Crippen molar-refractivity contribution in [3.8, 4) is 0 Å². The highest BCUT2D eigenvalue weighted by atomic mass is 16.5. The number of unbranched alkanes of at least 4 members (excludes halogenated alkanes) is 1. The summed E-state index contributed by atoms with van der Waals surface area (Å²) in [5.41, 5.74) is 0.520. The van der Waals surface area contributed by atoms with E-state index < -0.39 is 0 Å². The minimum Gasteiger partial charge on any atom is -0.381 e. The first-order chi connectivity index (χ1) is 8.10. The number of carbonyl (C=O) groups excluding carboxylic acids is 1. The monoisotopic (exact) mass is 256 g/mol. The van der Waals surface area contributed by atoms with E-state index >= 15 is 0 Å². The molecule has 0 radical (unpaired) electrons. The predicted octanol–water partition coefficient (Wildman–Crippen LogP) is 4.61. The molecule has 0 aliphatic heterocycles. The molecule has 0 rings (SSSR count). The molecule has 0 heterocycles. The van der Waals surface area contributed by atoms with E-state index in [2.05, 4.69) is 41.5 Å². The third-order valence-corrected chi connectivity index (χ3v) is 2.72. The predicted molar refractivity (Wildman–Crippen MR) is 77.8 cm³/mol. The smallest absolute Gasteiger partial charge is 0.135 e. The summed E-state index contributed by atoms with van der Waals surface area (Å²) >= 11 is 0. The Hall–Kier alpha value is -0.370. The summed E-state index contributed by atoms with van der Waals surface area (Å²) in [7, 11) is 0. The van der Waals surface area contributed by atoms with E-state index in [1.807, 2.05) is 0 Å². The van der Waals surface area contributed by atoms with Gasteiger partial charge in [-0.15, -0.1) is 0 Å². The van der Waals surface area contributed by atoms with E-state index in [0.717, 1.165) is 13.0 Å². The summed E-state index contributed by atoms with van der Waals surface area (Å²) in [6.45, 7) is 14.5. The van der Waals surface area contributed by atoms with E-state index in [1.165, 1.54) is 12.8 Å². The van der Waals surface area contributed by atoms with E-state index in [9.17, 15) is 4.79 Å². The van der Waals surface area contributed by atoms with Crippen LogP contribution in [0.1, 0.15) is 73.6 Å². The number of ether oxygens (including phenoxy) is 1. The third-order valence-electron chi connectivity index (χ3n) is 2.72. The molecule has 108 valence electrons. The molecule has 18 heavy (non-hydrogen) atoms. The zero-order chi connectivity index (χ0) is 14.2. The van der Waals surface area contributed by atoms with Gasteiger partial charge in [-0.05, 0) is 23.7 Å². The van der Waals surface area contributed by atoms with Crippen molar-refractivity contribution < 1.29 is 9.53 Å². The zero-order valence-corrected chi connectivity index (χ0v) is 13.3. The molecule has 0 atom stereocenters. The lowest BCUT2D eigenvalue weighted by Gasteiger charge is -2.17. The van der Waals surface area contributed by atoms with Crippen LogP contribution < -0.4 is 0 Å². The van der Waals surface area contributed by atoms with Crippen molar-refractivity contribution in [2.75, 3.05) is 13.2 Å². The van der Waals surface area contributed by atoms with Crippen molar-refractivity contribution in [3.63, 3.8) is 0 Å². The van der Waals surface area contributed by atoms with Crippen molar-refractivity contribution in [1.82, 2.24) is 0 Å². The van der Waals surface area contributed by atoms with Gasteiger partial charge >= 0.3 is 0 Å². The number of carbonyl (C=O) groups is 1. The lowest BCUT2D eigenvalue weighted by atomic mass is 9.89. The second-order valence-corrected chi connectivity index (χ2v) is 7.66. The van der Waals surface area contributed by atoms with Crippen molar-refractivity contribution in [1.29, 1.82) is 0 Å². The Morgan fingerprint density at radius 1 is 0.889 bits per heavy atom. The minimum absolute atomic E-state index is 0.101. The van der Waals surface area contributed by atoms with Gasteiger partial charge in [0, 0.05) is 19.4 Å². The Kier molecular flexibility index (Phi) is 7.77. The van der Waals surface area contributed by atoms with Gasteiger partial charge in [0.15, 0.2) is 0 Å². The molecular formula is C16H32O2. The molecular weight excluding hydrogens is 224 g/mol. The Morgan fingerprint density at radius 3 is 2.00 bits per heavy atom. The van der Waals surface area contributed by atoms with E-state index in [-0.39, 0.29) is 5.41 Å². The van der Waals surface area contributed by atoms with Crippen molar-refractivity contribution in [2.24, 2.45) is 10.8 Å². The topological polar surface area (TPSA) is 26.3 Å². The molecule has 0 amide bonds. The van der Waals surface area contributed by atoms with Crippen LogP contribution >= 0.6 is 0 Å². The van der Waals surface area contributed by atoms with Crippen LogP contribution in [0.15, 0.2) is 0 Å². The average molecular weight is 256 g/mol. The van der Waals surface area contributed by atoms with E-state index in [0.29, 0.717) is 30.6 Å². The summed E-state index contributed by atoms with van der Waals surface area (Å²) in [6.07, 6.45) is 4.76. The number of rotatable bonds is 8. The minimum atomic E-state index is 0.101. The molecule has 0 bridgehead atoms. The number of ketones is 1. The summed E-state index contributed by atoms with van der Waals surface area (Å²) in [4.78, 5) is 11.6. The van der Waals surface area contributed by atoms with Crippen molar-refractivity contribution in [3.05, 3.63) is 0 Å². The molecule has 0 unspecified atom stereocenters. The second-order valence-electron chi connectivity index (χ2n) is 7.66. The zero-order valence-electron chi connectivity index (χ0n) is 13.3. The molecule has 0 aliphatic carbocycles. The van der Waals surface area contributed by atoms with Gasteiger partial charge in [-0.1, -0.05) is 48.0 Å². The lowest BCUT2D eigenvalue weighted by Crippen LogP contribution is -2.14. The van der Waals surface area contributed by atoms with Gasteiger partial charge in [0.2, 0.25) is 0 Å². The average Bonchev–Trinajstić information content (AvgIpc) is 2.11. The number of hydrogen-bond donors (Lipinski definition) is 0. The first-order valence-corrected chi connectivity index (χ1v) is 7.20. The Labute approximate surface area is 113 Å². The van der Waals surface area contributed by atoms with Gasteiger partial charge in [-0.25, -0.2) is 0 Å². The van der Waals surface area contributed by atoms with Gasteiger partial charge in [-0.2, -0.15) is 0 Å². The summed E-state index contributed by atoms with van der Waals surface area (Å²) in [5, 5.41) is 0. The van der Waals surface area contributed by atoms with Crippen molar-refractivity contribution >= 4 is 5.78 Å². The maximum atomic E-state index is 11.6. The van der Waals surface area contributed by atoms with Crippen molar-refractivity contribution in [2.45, 2.75) is 73.6 Å². The maximum Gasteiger partial charge on any atom is 0.135 e. The number of Topliss-reactive ketones (excluding diaryl/α,β-unsaturated/α-hetero) is 1. The SMILES string of the molecule is CC(C)(C)CCCCOCCC(=O)CC(C)(C)C. The normalized spacial score (nSPS) is 12.8. The largest absolute Gasteiger partial charge is 0.381 e. The van der Waals surface area contributed by atoms with E-state index in [4.69, 9.17) is 4.74 Å². The summed E-state index contributed by atoms with van der Waals surface area (Å²) in [5.74, 6) is 0.317. The molecule has 0 saturated heterocycles. The fraction of sp³-hybridized carbons (Fsp3) is 0.938. The summed E-state index contributed by atoms with van der Waals surface area (Å²) in [6, 6.07) is 0. The lowest BCUT2D eigenvalue weighted by molar-refractivity contribution is -0.121. The highest BCUT2D eigenvalue weighted by Gasteiger charge is 2.15. The van der Waals surface area contributed by atoms with Crippen LogP contribution in [0.25, 0.3) is 0 Å². The molecule has 0 fully saturated rings. The van der Waals surface area contributed by atoms with Gasteiger partial charge in [0.1, 0.15) is 5.78 Å². The first-order valence-electron chi connectivity index (χ1n) is 7.20. The fourth-order valence-corrected chi connectivity index (χ4v) is 1.83. The highest BCUT2D eigenvalue weighted by molar-refractivity contribution is 5.79. The molecule has 0 aliphatic rings. The quantitative estimate of drug-likeness (QED) is 0.593. The molecule has 2 heteroatoms. The molecule has 2 nitrogen and oxygen atoms in total. The van der Waals surface area contributed by atoms with Crippen LogP contribution in [0.3, 0.4) is 0 Å². The highest BCUT2D eigenvalue weighted by Crippen LogP contribution is 2.21. The first kappa shape index (κ1) is 17.6. The molecule has 0 aromatic rings. The van der Waals surface area contributed by atoms with Crippen LogP contribution in [-0.2, 0) is 9.53 Å². The van der Waals surface area contributed by atoms with Crippen LogP contribution in [0, 0.1) is 10.8 Å². The Bertz CT molecular complexity index is 230. The Balaban J connectivity index is 3.39. The van der Waals surface area contributed by atoms with Crippen LogP contribution in [0.5, 0.6) is 0 Å². The second kappa shape index (κ2) is 7.93. The molecule has 0 aromatic heterocycles. The number of hydrogen-bond acceptors (Lipinski definition) is 2. The van der Waals surface area contributed by atoms with Gasteiger partial charge in [-0.3, -0.25) is 4.79 Å². The van der Waals surface area contributed by atoms with Gasteiger partial charge in [0.05, 0.1) is 6.61 Å². The fourth-order valence-electron chi connectivity index (χ4n) is 1.83. The molecule has 0 spiro atoms. The maximum absolute atomic E-state index is 11.6. The summed E-state index contributed by atoms with van der Waals surface area (Å²) < 4.78 is 5.51. The van der Waals surface area contributed by atoms with Crippen LogP contribution in [0.4, 0.5) is 0 Å². The van der Waals surface area contributed by atoms with E-state index in [1.54, 1.807) is 0 Å². The van der Waals surface area contributed by atoms with Gasteiger partial charge in [0.25, 0.3) is 0 Å². The van der Waals surface area contributed by atoms with Crippen LogP contribution in [-0.4, -0.2) is 19.0 Å². The molecule has 0 aromatic carbocycles. The van der Waals surface area contributed by atoms with Crippen LogP contribution in [0.2, 0.25) is 0 Å². The molecule has 0 N–H and O–H groups in total. The Morgan fingerprint density at radius 2 is 1.50 bits per heavy atom. The third kappa shape index (κ3) is 13.7. The molecule has 0 saturated carbocycles.